The summed E-state index contributed by atoms with van der Waals surface area (Å²) in [4.78, 5) is 23.8. The molecule has 0 fully saturated rings. The Labute approximate surface area is 203 Å². The molecule has 0 radical (unpaired) electrons. The highest BCUT2D eigenvalue weighted by atomic mass is 16.6. The Kier molecular flexibility index (Phi) is 9.65. The van der Waals surface area contributed by atoms with E-state index in [1.807, 2.05) is 36.4 Å². The number of allylic oxidation sites excluding steroid dienone is 1. The number of carbonyl (C=O) groups is 2. The molecule has 0 aliphatic heterocycles. The zero-order chi connectivity index (χ0) is 25.0. The van der Waals surface area contributed by atoms with Gasteiger partial charge in [0.05, 0.1) is 18.4 Å². The second kappa shape index (κ2) is 13.1. The minimum Gasteiger partial charge on any atom is -0.491 e. The highest BCUT2D eigenvalue weighted by molar-refractivity contribution is 6.00. The highest BCUT2D eigenvalue weighted by Crippen LogP contribution is 2.34. The number of ether oxygens (including phenoxy) is 3. The molecule has 8 nitrogen and oxygen atoms in total. The monoisotopic (exact) mass is 479 g/mol. The SMILES string of the molecule is CO[C@@H](CC/C=C/C(=O)O)[C@@H](OC(=O)Nc1cccc2ccccc12)c1ccccc1OCCO. The summed E-state index contributed by atoms with van der Waals surface area (Å²) < 4.78 is 17.2. The molecule has 0 aliphatic rings. The van der Waals surface area contributed by atoms with Crippen molar-refractivity contribution in [2.24, 2.45) is 0 Å². The zero-order valence-corrected chi connectivity index (χ0v) is 19.4. The first-order valence-electron chi connectivity index (χ1n) is 11.2. The summed E-state index contributed by atoms with van der Waals surface area (Å²) in [6.45, 7) is -0.0972. The first-order valence-corrected chi connectivity index (χ1v) is 11.2. The molecule has 3 N–H and O–H groups in total. The minimum absolute atomic E-state index is 0.0743. The number of fused-ring (bicyclic) bond motifs is 1. The first-order chi connectivity index (χ1) is 17.0. The molecule has 3 aromatic carbocycles. The number of nitrogens with one attached hydrogen (secondary N) is 1. The normalized spacial score (nSPS) is 12.9. The molecular formula is C27H29NO7. The lowest BCUT2D eigenvalue weighted by Gasteiger charge is -2.28. The number of benzene rings is 3. The third kappa shape index (κ3) is 7.30. The van der Waals surface area contributed by atoms with E-state index in [0.29, 0.717) is 29.8 Å². The van der Waals surface area contributed by atoms with Crippen LogP contribution in [0.15, 0.2) is 78.9 Å². The van der Waals surface area contributed by atoms with E-state index >= 15 is 0 Å². The summed E-state index contributed by atoms with van der Waals surface area (Å²) in [7, 11) is 1.50. The van der Waals surface area contributed by atoms with E-state index in [-0.39, 0.29) is 13.2 Å². The number of hydrogen-bond acceptors (Lipinski definition) is 6. The maximum absolute atomic E-state index is 13.0. The van der Waals surface area contributed by atoms with Crippen molar-refractivity contribution in [1.82, 2.24) is 0 Å². The van der Waals surface area contributed by atoms with Gasteiger partial charge in [0, 0.05) is 24.1 Å². The number of hydrogen-bond donors (Lipinski definition) is 3. The molecule has 184 valence electrons. The fraction of sp³-hybridized carbons (Fsp3) is 0.259. The average Bonchev–Trinajstić information content (AvgIpc) is 2.87. The Morgan fingerprint density at radius 1 is 1.03 bits per heavy atom. The maximum Gasteiger partial charge on any atom is 0.412 e. The first kappa shape index (κ1) is 25.7. The van der Waals surface area contributed by atoms with Crippen molar-refractivity contribution in [2.75, 3.05) is 25.6 Å². The van der Waals surface area contributed by atoms with Crippen molar-refractivity contribution in [3.8, 4) is 5.75 Å². The summed E-state index contributed by atoms with van der Waals surface area (Å²) in [5.41, 5.74) is 1.18. The van der Waals surface area contributed by atoms with E-state index in [9.17, 15) is 14.7 Å². The molecule has 0 aliphatic carbocycles. The number of carboxylic acids is 1. The predicted molar refractivity (Wildman–Crippen MR) is 133 cm³/mol. The van der Waals surface area contributed by atoms with Crippen LogP contribution in [0.3, 0.4) is 0 Å². The van der Waals surface area contributed by atoms with Crippen LogP contribution in [0.1, 0.15) is 24.5 Å². The summed E-state index contributed by atoms with van der Waals surface area (Å²) >= 11 is 0. The molecule has 1 amide bonds. The molecule has 0 saturated heterocycles. The number of anilines is 1. The number of aliphatic hydroxyl groups excluding tert-OH is 1. The van der Waals surface area contributed by atoms with Crippen LogP contribution in [-0.2, 0) is 14.3 Å². The average molecular weight is 480 g/mol. The zero-order valence-electron chi connectivity index (χ0n) is 19.4. The van der Waals surface area contributed by atoms with Gasteiger partial charge < -0.3 is 24.4 Å². The molecular weight excluding hydrogens is 450 g/mol. The second-order valence-electron chi connectivity index (χ2n) is 7.68. The van der Waals surface area contributed by atoms with Crippen molar-refractivity contribution in [2.45, 2.75) is 25.0 Å². The Morgan fingerprint density at radius 2 is 1.77 bits per heavy atom. The molecule has 0 saturated carbocycles. The summed E-state index contributed by atoms with van der Waals surface area (Å²) in [5, 5.41) is 22.7. The molecule has 3 aromatic rings. The fourth-order valence-corrected chi connectivity index (χ4v) is 3.77. The van der Waals surface area contributed by atoms with E-state index in [4.69, 9.17) is 19.3 Å². The van der Waals surface area contributed by atoms with Crippen LogP contribution in [0.5, 0.6) is 5.75 Å². The second-order valence-corrected chi connectivity index (χ2v) is 7.68. The van der Waals surface area contributed by atoms with Gasteiger partial charge in [-0.05, 0) is 30.4 Å². The quantitative estimate of drug-likeness (QED) is 0.315. The number of amides is 1. The third-order valence-electron chi connectivity index (χ3n) is 5.35. The molecule has 0 bridgehead atoms. The van der Waals surface area contributed by atoms with Gasteiger partial charge in [0.2, 0.25) is 0 Å². The number of aliphatic hydroxyl groups is 1. The van der Waals surface area contributed by atoms with Crippen LogP contribution in [0.2, 0.25) is 0 Å². The van der Waals surface area contributed by atoms with Crippen LogP contribution >= 0.6 is 0 Å². The molecule has 2 atom stereocenters. The number of rotatable bonds is 12. The Hall–Kier alpha value is -3.88. The Balaban J connectivity index is 1.87. The molecule has 3 rings (SSSR count). The smallest absolute Gasteiger partial charge is 0.412 e. The Bertz CT molecular complexity index is 1160. The van der Waals surface area contributed by atoms with Gasteiger partial charge in [0.25, 0.3) is 0 Å². The third-order valence-corrected chi connectivity index (χ3v) is 5.35. The number of carboxylic acid groups (broad SMARTS) is 1. The molecule has 8 heteroatoms. The van der Waals surface area contributed by atoms with Crippen LogP contribution in [0.25, 0.3) is 10.8 Å². The van der Waals surface area contributed by atoms with Gasteiger partial charge in [-0.3, -0.25) is 5.32 Å². The number of aliphatic carboxylic acids is 1. The Morgan fingerprint density at radius 3 is 2.54 bits per heavy atom. The van der Waals surface area contributed by atoms with Crippen LogP contribution < -0.4 is 10.1 Å². The summed E-state index contributed by atoms with van der Waals surface area (Å²) in [6.07, 6.45) is 1.25. The summed E-state index contributed by atoms with van der Waals surface area (Å²) in [5.74, 6) is -0.586. The van der Waals surface area contributed by atoms with Gasteiger partial charge in [-0.25, -0.2) is 9.59 Å². The van der Waals surface area contributed by atoms with E-state index in [1.165, 1.54) is 13.2 Å². The molecule has 0 heterocycles. The van der Waals surface area contributed by atoms with Gasteiger partial charge in [-0.15, -0.1) is 0 Å². The standard InChI is InChI=1S/C27H29NO7/c1-33-24(15-6-7-16-25(30)31)26(21-12-4-5-14-23(21)34-18-17-29)35-27(32)28-22-13-8-10-19-9-2-3-11-20(19)22/h2-5,7-14,16,24,26,29H,6,15,17-18H2,1H3,(H,28,32)(H,30,31)/b16-7+/t24-,26-/m0/s1. The van der Waals surface area contributed by atoms with Crippen molar-refractivity contribution in [3.05, 3.63) is 84.4 Å². The lowest BCUT2D eigenvalue weighted by molar-refractivity contribution is -0.131. The van der Waals surface area contributed by atoms with Gasteiger partial charge >= 0.3 is 12.1 Å². The largest absolute Gasteiger partial charge is 0.491 e. The van der Waals surface area contributed by atoms with E-state index in [1.54, 1.807) is 30.3 Å². The number of methoxy groups -OCH3 is 1. The lowest BCUT2D eigenvalue weighted by atomic mass is 9.99. The minimum atomic E-state index is -1.04. The van der Waals surface area contributed by atoms with E-state index in [0.717, 1.165) is 16.8 Å². The van der Waals surface area contributed by atoms with E-state index < -0.39 is 24.3 Å². The molecule has 0 spiro atoms. The lowest BCUT2D eigenvalue weighted by Crippen LogP contribution is -2.28. The van der Waals surface area contributed by atoms with Gasteiger partial charge in [0.1, 0.15) is 12.4 Å². The fourth-order valence-electron chi connectivity index (χ4n) is 3.77. The van der Waals surface area contributed by atoms with E-state index in [2.05, 4.69) is 5.32 Å². The van der Waals surface area contributed by atoms with Crippen LogP contribution in [-0.4, -0.2) is 48.7 Å². The predicted octanol–water partition coefficient (Wildman–Crippen LogP) is 4.94. The number of para-hydroxylation sites is 1. The van der Waals surface area contributed by atoms with Crippen molar-refractivity contribution < 1.29 is 34.0 Å². The van der Waals surface area contributed by atoms with Crippen LogP contribution in [0.4, 0.5) is 10.5 Å². The molecule has 0 unspecified atom stereocenters. The van der Waals surface area contributed by atoms with Gasteiger partial charge in [-0.1, -0.05) is 60.7 Å². The van der Waals surface area contributed by atoms with Crippen molar-refractivity contribution >= 4 is 28.5 Å². The maximum atomic E-state index is 13.0. The summed E-state index contributed by atoms with van der Waals surface area (Å²) in [6, 6.07) is 20.3. The van der Waals surface area contributed by atoms with Crippen LogP contribution in [0, 0.1) is 0 Å². The molecule has 0 aromatic heterocycles. The number of carbonyl (C=O) groups excluding carboxylic acids is 1. The molecule has 35 heavy (non-hydrogen) atoms. The van der Waals surface area contributed by atoms with Crippen molar-refractivity contribution in [1.29, 1.82) is 0 Å². The van der Waals surface area contributed by atoms with Gasteiger partial charge in [-0.2, -0.15) is 0 Å². The van der Waals surface area contributed by atoms with Gasteiger partial charge in [0.15, 0.2) is 6.10 Å². The topological polar surface area (TPSA) is 114 Å². The highest BCUT2D eigenvalue weighted by Gasteiger charge is 2.29. The van der Waals surface area contributed by atoms with Crippen molar-refractivity contribution in [3.63, 3.8) is 0 Å².